The molecule has 34 heavy (non-hydrogen) atoms. The molecule has 0 amide bonds. The van der Waals surface area contributed by atoms with Gasteiger partial charge in [0.2, 0.25) is 20.0 Å². The van der Waals surface area contributed by atoms with Gasteiger partial charge in [0.15, 0.2) is 0 Å². The van der Waals surface area contributed by atoms with Crippen LogP contribution in [0.15, 0.2) is 88.7 Å². The van der Waals surface area contributed by atoms with E-state index in [1.807, 2.05) is 42.5 Å². The summed E-state index contributed by atoms with van der Waals surface area (Å²) in [6, 6.07) is 21.7. The number of nitrogens with zero attached hydrogens (tertiary/aromatic N) is 1. The smallest absolute Gasteiger partial charge is 0.207 e. The maximum absolute atomic E-state index is 13.6. The molecular weight excluding hydrogens is 492 g/mol. The Morgan fingerprint density at radius 3 is 1.97 bits per heavy atom. The van der Waals surface area contributed by atoms with Crippen molar-refractivity contribution < 1.29 is 16.8 Å². The topological polar surface area (TPSA) is 83.5 Å². The molecule has 0 aromatic heterocycles. The molecule has 0 heterocycles. The van der Waals surface area contributed by atoms with Crippen molar-refractivity contribution in [3.05, 3.63) is 95.0 Å². The molecule has 4 rings (SSSR count). The average molecular weight is 519 g/mol. The van der Waals surface area contributed by atoms with Crippen LogP contribution in [0.2, 0.25) is 5.02 Å². The summed E-state index contributed by atoms with van der Waals surface area (Å²) in [7, 11) is -7.61. The zero-order chi connectivity index (χ0) is 24.2. The lowest BCUT2D eigenvalue weighted by Gasteiger charge is -2.28. The van der Waals surface area contributed by atoms with E-state index in [9.17, 15) is 16.8 Å². The Morgan fingerprint density at radius 2 is 1.35 bits per heavy atom. The Morgan fingerprint density at radius 1 is 0.765 bits per heavy atom. The Balaban J connectivity index is 1.55. The van der Waals surface area contributed by atoms with Crippen molar-refractivity contribution in [1.82, 2.24) is 9.03 Å². The summed E-state index contributed by atoms with van der Waals surface area (Å²) >= 11 is 5.98. The molecule has 0 bridgehead atoms. The molecule has 1 N–H and O–H groups in total. The van der Waals surface area contributed by atoms with E-state index >= 15 is 0 Å². The molecule has 180 valence electrons. The standard InChI is InChI=1S/C25H27ClN2O4S2/c26-22-12-10-21(11-13-22)19-28(23-8-4-5-9-23)34(31,32)25-16-14-24(15-17-25)33(29,30)27-18-20-6-2-1-3-7-20/h1-3,6-7,10-17,23,27H,4-5,8-9,18-19H2. The van der Waals surface area contributed by atoms with Gasteiger partial charge in [-0.25, -0.2) is 21.6 Å². The number of rotatable bonds is 9. The van der Waals surface area contributed by atoms with Crippen LogP contribution in [0.1, 0.15) is 36.8 Å². The minimum atomic E-state index is -3.83. The Kier molecular flexibility index (Phi) is 7.74. The SMILES string of the molecule is O=S(=O)(NCc1ccccc1)c1ccc(S(=O)(=O)N(Cc2ccc(Cl)cc2)C2CCCC2)cc1. The lowest BCUT2D eigenvalue weighted by atomic mass is 10.2. The Bertz CT molecular complexity index is 1310. The van der Waals surface area contributed by atoms with Gasteiger partial charge in [0.25, 0.3) is 0 Å². The minimum absolute atomic E-state index is 0.0208. The summed E-state index contributed by atoms with van der Waals surface area (Å²) in [5.41, 5.74) is 1.68. The van der Waals surface area contributed by atoms with Crippen molar-refractivity contribution >= 4 is 31.6 Å². The van der Waals surface area contributed by atoms with Crippen molar-refractivity contribution in [1.29, 1.82) is 0 Å². The molecule has 3 aromatic carbocycles. The third kappa shape index (κ3) is 5.87. The second kappa shape index (κ2) is 10.6. The summed E-state index contributed by atoms with van der Waals surface area (Å²) in [4.78, 5) is 0.0999. The first kappa shape index (κ1) is 24.9. The molecular formula is C25H27ClN2O4S2. The van der Waals surface area contributed by atoms with Crippen molar-refractivity contribution in [2.75, 3.05) is 0 Å². The fraction of sp³-hybridized carbons (Fsp3) is 0.280. The van der Waals surface area contributed by atoms with Crippen LogP contribution in [0.25, 0.3) is 0 Å². The van der Waals surface area contributed by atoms with Crippen molar-refractivity contribution in [2.45, 2.75) is 54.6 Å². The molecule has 1 aliphatic rings. The maximum atomic E-state index is 13.6. The summed E-state index contributed by atoms with van der Waals surface area (Å²) in [5, 5.41) is 0.594. The van der Waals surface area contributed by atoms with Crippen LogP contribution in [0.4, 0.5) is 0 Å². The highest BCUT2D eigenvalue weighted by Crippen LogP contribution is 2.31. The second-order valence-electron chi connectivity index (χ2n) is 8.40. The van der Waals surface area contributed by atoms with Crippen molar-refractivity contribution in [3.63, 3.8) is 0 Å². The van der Waals surface area contributed by atoms with Gasteiger partial charge >= 0.3 is 0 Å². The van der Waals surface area contributed by atoms with E-state index in [0.29, 0.717) is 5.02 Å². The van der Waals surface area contributed by atoms with E-state index in [-0.39, 0.29) is 28.9 Å². The minimum Gasteiger partial charge on any atom is -0.207 e. The number of halogens is 1. The fourth-order valence-electron chi connectivity index (χ4n) is 4.16. The molecule has 0 unspecified atom stereocenters. The van der Waals surface area contributed by atoms with Gasteiger partial charge in [0.05, 0.1) is 9.79 Å². The third-order valence-corrected chi connectivity index (χ3v) is 9.62. The maximum Gasteiger partial charge on any atom is 0.243 e. The second-order valence-corrected chi connectivity index (χ2v) is 12.5. The monoisotopic (exact) mass is 518 g/mol. The number of hydrogen-bond acceptors (Lipinski definition) is 4. The Hall–Kier alpha value is -2.23. The zero-order valence-corrected chi connectivity index (χ0v) is 21.0. The predicted octanol–water partition coefficient (Wildman–Crippen LogP) is 4.95. The zero-order valence-electron chi connectivity index (χ0n) is 18.6. The van der Waals surface area contributed by atoms with E-state index < -0.39 is 20.0 Å². The third-order valence-electron chi connectivity index (χ3n) is 6.03. The van der Waals surface area contributed by atoms with E-state index in [1.165, 1.54) is 24.3 Å². The molecule has 0 aliphatic heterocycles. The van der Waals surface area contributed by atoms with Gasteiger partial charge in [-0.2, -0.15) is 4.31 Å². The Labute approximate surface area is 206 Å². The largest absolute Gasteiger partial charge is 0.243 e. The van der Waals surface area contributed by atoms with E-state index in [0.717, 1.165) is 36.8 Å². The van der Waals surface area contributed by atoms with Crippen LogP contribution in [0.5, 0.6) is 0 Å². The first-order valence-corrected chi connectivity index (χ1v) is 14.5. The molecule has 0 radical (unpaired) electrons. The van der Waals surface area contributed by atoms with Crippen molar-refractivity contribution in [2.24, 2.45) is 0 Å². The van der Waals surface area contributed by atoms with Gasteiger partial charge in [0.1, 0.15) is 0 Å². The average Bonchev–Trinajstić information content (AvgIpc) is 3.37. The van der Waals surface area contributed by atoms with Gasteiger partial charge in [-0.05, 0) is 60.4 Å². The highest BCUT2D eigenvalue weighted by Gasteiger charge is 2.33. The van der Waals surface area contributed by atoms with Gasteiger partial charge in [-0.15, -0.1) is 0 Å². The molecule has 9 heteroatoms. The van der Waals surface area contributed by atoms with E-state index in [1.54, 1.807) is 16.4 Å². The molecule has 0 spiro atoms. The highest BCUT2D eigenvalue weighted by molar-refractivity contribution is 7.89. The van der Waals surface area contributed by atoms with Crippen LogP contribution in [-0.2, 0) is 33.1 Å². The number of hydrogen-bond donors (Lipinski definition) is 1. The van der Waals surface area contributed by atoms with E-state index in [4.69, 9.17) is 11.6 Å². The number of benzene rings is 3. The van der Waals surface area contributed by atoms with Crippen LogP contribution < -0.4 is 4.72 Å². The van der Waals surface area contributed by atoms with Gasteiger partial charge in [0, 0.05) is 24.2 Å². The van der Waals surface area contributed by atoms with Gasteiger partial charge < -0.3 is 0 Å². The highest BCUT2D eigenvalue weighted by atomic mass is 35.5. The van der Waals surface area contributed by atoms with Crippen LogP contribution in [-0.4, -0.2) is 27.2 Å². The normalized spacial score (nSPS) is 15.1. The van der Waals surface area contributed by atoms with Gasteiger partial charge in [-0.1, -0.05) is 66.9 Å². The molecule has 3 aromatic rings. The van der Waals surface area contributed by atoms with Crippen LogP contribution in [0, 0.1) is 0 Å². The molecule has 0 saturated heterocycles. The molecule has 6 nitrogen and oxygen atoms in total. The lowest BCUT2D eigenvalue weighted by Crippen LogP contribution is -2.38. The van der Waals surface area contributed by atoms with E-state index in [2.05, 4.69) is 4.72 Å². The molecule has 0 atom stereocenters. The fourth-order valence-corrected chi connectivity index (χ4v) is 6.97. The number of nitrogens with one attached hydrogen (secondary N) is 1. The van der Waals surface area contributed by atoms with Crippen molar-refractivity contribution in [3.8, 4) is 0 Å². The van der Waals surface area contributed by atoms with Crippen LogP contribution in [0.3, 0.4) is 0 Å². The molecule has 1 fully saturated rings. The van der Waals surface area contributed by atoms with Crippen LogP contribution >= 0.6 is 11.6 Å². The molecule has 1 saturated carbocycles. The molecule has 1 aliphatic carbocycles. The first-order chi connectivity index (χ1) is 16.3. The van der Waals surface area contributed by atoms with Gasteiger partial charge in [-0.3, -0.25) is 0 Å². The number of sulfonamides is 2. The summed E-state index contributed by atoms with van der Waals surface area (Å²) in [5.74, 6) is 0. The first-order valence-electron chi connectivity index (χ1n) is 11.2. The quantitative estimate of drug-likeness (QED) is 0.434. The summed E-state index contributed by atoms with van der Waals surface area (Å²) in [6.07, 6.45) is 3.59. The summed E-state index contributed by atoms with van der Waals surface area (Å²) in [6.45, 7) is 0.391. The lowest BCUT2D eigenvalue weighted by molar-refractivity contribution is 0.316. The summed E-state index contributed by atoms with van der Waals surface area (Å²) < 4.78 is 56.7. The predicted molar refractivity (Wildman–Crippen MR) is 133 cm³/mol.